The molecule has 0 aliphatic rings. The summed E-state index contributed by atoms with van der Waals surface area (Å²) in [5.74, 6) is 0.544. The molecule has 0 saturated carbocycles. The van der Waals surface area contributed by atoms with Crippen molar-refractivity contribution in [2.24, 2.45) is 13.0 Å². The van der Waals surface area contributed by atoms with Gasteiger partial charge in [-0.3, -0.25) is 4.68 Å². The van der Waals surface area contributed by atoms with E-state index < -0.39 is 0 Å². The molecule has 0 bridgehead atoms. The third kappa shape index (κ3) is 3.36. The van der Waals surface area contributed by atoms with Gasteiger partial charge in [0.25, 0.3) is 0 Å². The molecule has 0 amide bonds. The Hall–Kier alpha value is -0.540. The van der Waals surface area contributed by atoms with Gasteiger partial charge in [0.2, 0.25) is 0 Å². The van der Waals surface area contributed by atoms with Gasteiger partial charge in [0, 0.05) is 19.9 Å². The average Bonchev–Trinajstić information content (AvgIpc) is 2.29. The second-order valence-corrected chi connectivity index (χ2v) is 3.91. The van der Waals surface area contributed by atoms with E-state index in [2.05, 4.69) is 18.9 Å². The van der Waals surface area contributed by atoms with Crippen molar-refractivity contribution in [3.8, 4) is 0 Å². The molecule has 3 nitrogen and oxygen atoms in total. The molecule has 0 aliphatic heterocycles. The topological polar surface area (TPSA) is 27.1 Å². The smallest absolute Gasteiger partial charge is 0.107 e. The lowest BCUT2D eigenvalue weighted by Crippen LogP contribution is -2.02. The quantitative estimate of drug-likeness (QED) is 0.749. The van der Waals surface area contributed by atoms with Crippen LogP contribution >= 0.6 is 11.6 Å². The second kappa shape index (κ2) is 4.63. The summed E-state index contributed by atoms with van der Waals surface area (Å²) in [4.78, 5) is 0. The minimum Gasteiger partial charge on any atom is -0.375 e. The molecule has 0 unspecified atom stereocenters. The molecule has 0 fully saturated rings. The molecule has 1 heterocycles. The largest absolute Gasteiger partial charge is 0.375 e. The maximum absolute atomic E-state index is 5.90. The zero-order valence-corrected chi connectivity index (χ0v) is 9.01. The highest BCUT2D eigenvalue weighted by molar-refractivity contribution is 6.31. The highest BCUT2D eigenvalue weighted by atomic mass is 35.5. The van der Waals surface area contributed by atoms with E-state index in [4.69, 9.17) is 16.3 Å². The molecule has 0 aliphatic carbocycles. The van der Waals surface area contributed by atoms with Crippen molar-refractivity contribution in [1.82, 2.24) is 9.78 Å². The molecule has 1 rings (SSSR count). The van der Waals surface area contributed by atoms with Gasteiger partial charge in [0.05, 0.1) is 11.6 Å². The SMILES string of the molecule is CC(C)COCc1nn(C)cc1Cl. The predicted molar refractivity (Wildman–Crippen MR) is 52.7 cm³/mol. The van der Waals surface area contributed by atoms with Crippen molar-refractivity contribution in [3.63, 3.8) is 0 Å². The first-order valence-electron chi connectivity index (χ1n) is 4.35. The minimum absolute atomic E-state index is 0.498. The van der Waals surface area contributed by atoms with Crippen LogP contribution in [0.15, 0.2) is 6.20 Å². The summed E-state index contributed by atoms with van der Waals surface area (Å²) in [6, 6.07) is 0. The lowest BCUT2D eigenvalue weighted by Gasteiger charge is -2.04. The van der Waals surface area contributed by atoms with E-state index in [0.29, 0.717) is 17.5 Å². The van der Waals surface area contributed by atoms with Gasteiger partial charge in [-0.05, 0) is 5.92 Å². The van der Waals surface area contributed by atoms with Crippen LogP contribution in [0, 0.1) is 5.92 Å². The van der Waals surface area contributed by atoms with Gasteiger partial charge in [0.1, 0.15) is 5.69 Å². The third-order valence-electron chi connectivity index (χ3n) is 1.54. The molecule has 4 heteroatoms. The van der Waals surface area contributed by atoms with E-state index in [0.717, 1.165) is 12.3 Å². The average molecular weight is 203 g/mol. The molecule has 0 atom stereocenters. The molecule has 1 aromatic rings. The van der Waals surface area contributed by atoms with Crippen molar-refractivity contribution >= 4 is 11.6 Å². The summed E-state index contributed by atoms with van der Waals surface area (Å²) in [7, 11) is 1.85. The van der Waals surface area contributed by atoms with Crippen LogP contribution in [0.1, 0.15) is 19.5 Å². The molecule has 74 valence electrons. The summed E-state index contributed by atoms with van der Waals surface area (Å²) in [6.45, 7) is 5.46. The number of aromatic nitrogens is 2. The maximum atomic E-state index is 5.90. The summed E-state index contributed by atoms with van der Waals surface area (Å²) in [5, 5.41) is 4.84. The van der Waals surface area contributed by atoms with Gasteiger partial charge in [-0.1, -0.05) is 25.4 Å². The Morgan fingerprint density at radius 2 is 2.31 bits per heavy atom. The Morgan fingerprint density at radius 1 is 1.62 bits per heavy atom. The van der Waals surface area contributed by atoms with Crippen LogP contribution in [0.2, 0.25) is 5.02 Å². The molecule has 0 N–H and O–H groups in total. The van der Waals surface area contributed by atoms with E-state index >= 15 is 0 Å². The fourth-order valence-electron chi connectivity index (χ4n) is 0.995. The molecule has 0 spiro atoms. The molecular weight excluding hydrogens is 188 g/mol. The van der Waals surface area contributed by atoms with Gasteiger partial charge < -0.3 is 4.74 Å². The van der Waals surface area contributed by atoms with Crippen LogP contribution in [0.5, 0.6) is 0 Å². The van der Waals surface area contributed by atoms with Crippen molar-refractivity contribution in [1.29, 1.82) is 0 Å². The number of aryl methyl sites for hydroxylation is 1. The predicted octanol–water partition coefficient (Wildman–Crippen LogP) is 2.25. The summed E-state index contributed by atoms with van der Waals surface area (Å²) in [6.07, 6.45) is 1.77. The van der Waals surface area contributed by atoms with Crippen LogP contribution in [-0.4, -0.2) is 16.4 Å². The minimum atomic E-state index is 0.498. The Morgan fingerprint density at radius 3 is 2.77 bits per heavy atom. The third-order valence-corrected chi connectivity index (χ3v) is 1.86. The zero-order chi connectivity index (χ0) is 9.84. The first kappa shape index (κ1) is 10.5. The monoisotopic (exact) mass is 202 g/mol. The highest BCUT2D eigenvalue weighted by Crippen LogP contribution is 2.14. The van der Waals surface area contributed by atoms with Crippen molar-refractivity contribution in [2.45, 2.75) is 20.5 Å². The van der Waals surface area contributed by atoms with Crippen molar-refractivity contribution < 1.29 is 4.74 Å². The summed E-state index contributed by atoms with van der Waals surface area (Å²) < 4.78 is 7.11. The highest BCUT2D eigenvalue weighted by Gasteiger charge is 2.05. The fourth-order valence-corrected chi connectivity index (χ4v) is 1.23. The summed E-state index contributed by atoms with van der Waals surface area (Å²) in [5.41, 5.74) is 0.810. The zero-order valence-electron chi connectivity index (χ0n) is 8.25. The number of hydrogen-bond donors (Lipinski definition) is 0. The van der Waals surface area contributed by atoms with Gasteiger partial charge in [-0.15, -0.1) is 0 Å². The van der Waals surface area contributed by atoms with Crippen molar-refractivity contribution in [3.05, 3.63) is 16.9 Å². The number of nitrogens with zero attached hydrogens (tertiary/aromatic N) is 2. The van der Waals surface area contributed by atoms with Gasteiger partial charge in [0.15, 0.2) is 0 Å². The molecule has 1 aromatic heterocycles. The molecular formula is C9H15ClN2O. The standard InChI is InChI=1S/C9H15ClN2O/c1-7(2)5-13-6-9-8(10)4-12(3)11-9/h4,7H,5-6H2,1-3H3. The van der Waals surface area contributed by atoms with E-state index in [1.54, 1.807) is 10.9 Å². The number of rotatable bonds is 4. The Balaban J connectivity index is 2.40. The van der Waals surface area contributed by atoms with Crippen LogP contribution in [0.4, 0.5) is 0 Å². The van der Waals surface area contributed by atoms with E-state index in [1.165, 1.54) is 0 Å². The molecule has 0 saturated heterocycles. The fraction of sp³-hybridized carbons (Fsp3) is 0.667. The molecule has 13 heavy (non-hydrogen) atoms. The van der Waals surface area contributed by atoms with Gasteiger partial charge in [-0.25, -0.2) is 0 Å². The van der Waals surface area contributed by atoms with Gasteiger partial charge >= 0.3 is 0 Å². The van der Waals surface area contributed by atoms with E-state index in [1.807, 2.05) is 7.05 Å². The van der Waals surface area contributed by atoms with E-state index in [-0.39, 0.29) is 0 Å². The normalized spacial score (nSPS) is 11.2. The van der Waals surface area contributed by atoms with E-state index in [9.17, 15) is 0 Å². The van der Waals surface area contributed by atoms with Crippen LogP contribution in [0.3, 0.4) is 0 Å². The lowest BCUT2D eigenvalue weighted by atomic mass is 10.2. The first-order valence-corrected chi connectivity index (χ1v) is 4.73. The van der Waals surface area contributed by atoms with Crippen molar-refractivity contribution in [2.75, 3.05) is 6.61 Å². The first-order chi connectivity index (χ1) is 6.09. The molecule has 0 aromatic carbocycles. The number of hydrogen-bond acceptors (Lipinski definition) is 2. The number of ether oxygens (including phenoxy) is 1. The maximum Gasteiger partial charge on any atom is 0.107 e. The number of halogens is 1. The summed E-state index contributed by atoms with van der Waals surface area (Å²) >= 11 is 5.90. The van der Waals surface area contributed by atoms with Gasteiger partial charge in [-0.2, -0.15) is 5.10 Å². The van der Waals surface area contributed by atoms with Crippen LogP contribution in [0.25, 0.3) is 0 Å². The van der Waals surface area contributed by atoms with Crippen LogP contribution < -0.4 is 0 Å². The Kier molecular flexibility index (Phi) is 3.75. The Bertz CT molecular complexity index is 271. The Labute approximate surface area is 83.6 Å². The second-order valence-electron chi connectivity index (χ2n) is 3.51. The van der Waals surface area contributed by atoms with Crippen LogP contribution in [-0.2, 0) is 18.4 Å². The lowest BCUT2D eigenvalue weighted by molar-refractivity contribution is 0.0945. The molecule has 0 radical (unpaired) electrons.